The second kappa shape index (κ2) is 6.48. The van der Waals surface area contributed by atoms with E-state index in [1.54, 1.807) is 6.92 Å². The Morgan fingerprint density at radius 3 is 2.84 bits per heavy atom. The molecule has 0 fully saturated rings. The van der Waals surface area contributed by atoms with Crippen LogP contribution < -0.4 is 11.1 Å². The summed E-state index contributed by atoms with van der Waals surface area (Å²) in [4.78, 5) is 15.3. The van der Waals surface area contributed by atoms with Crippen molar-refractivity contribution in [2.24, 2.45) is 0 Å². The standard InChI is InChI=1S/C11H17N3O4S/c1-8(6-18-2)14-10(15)7-19(16,17)11-9(12)4-3-5-13-11/h3-5,8H,6-7,12H2,1-2H3,(H,14,15). The number of methoxy groups -OCH3 is 1. The van der Waals surface area contributed by atoms with Crippen molar-refractivity contribution in [3.8, 4) is 0 Å². The molecule has 1 aromatic heterocycles. The molecule has 106 valence electrons. The Morgan fingerprint density at radius 1 is 1.58 bits per heavy atom. The number of nitrogens with one attached hydrogen (secondary N) is 1. The van der Waals surface area contributed by atoms with Crippen molar-refractivity contribution in [2.45, 2.75) is 18.0 Å². The van der Waals surface area contributed by atoms with Crippen molar-refractivity contribution in [1.29, 1.82) is 0 Å². The van der Waals surface area contributed by atoms with Gasteiger partial charge in [0.1, 0.15) is 5.75 Å². The van der Waals surface area contributed by atoms with Crippen LogP contribution in [0.5, 0.6) is 0 Å². The van der Waals surface area contributed by atoms with Crippen LogP contribution in [-0.2, 0) is 19.4 Å². The maximum atomic E-state index is 12.0. The van der Waals surface area contributed by atoms with Crippen LogP contribution in [0.2, 0.25) is 0 Å². The van der Waals surface area contributed by atoms with E-state index in [2.05, 4.69) is 10.3 Å². The number of nitrogens with zero attached hydrogens (tertiary/aromatic N) is 1. The molecule has 0 aliphatic carbocycles. The Labute approximate surface area is 112 Å². The molecule has 0 aliphatic heterocycles. The maximum Gasteiger partial charge on any atom is 0.235 e. The minimum atomic E-state index is -3.84. The number of amides is 1. The molecular formula is C11H17N3O4S. The Bertz CT molecular complexity index is 545. The molecule has 1 heterocycles. The SMILES string of the molecule is COCC(C)NC(=O)CS(=O)(=O)c1ncccc1N. The van der Waals surface area contributed by atoms with Gasteiger partial charge in [-0.15, -0.1) is 0 Å². The van der Waals surface area contributed by atoms with Crippen molar-refractivity contribution in [3.63, 3.8) is 0 Å². The van der Waals surface area contributed by atoms with Gasteiger partial charge in [-0.25, -0.2) is 13.4 Å². The molecule has 19 heavy (non-hydrogen) atoms. The molecule has 0 spiro atoms. The number of hydrogen-bond donors (Lipinski definition) is 2. The summed E-state index contributed by atoms with van der Waals surface area (Å²) in [5, 5.41) is 2.24. The highest BCUT2D eigenvalue weighted by Crippen LogP contribution is 2.15. The van der Waals surface area contributed by atoms with E-state index in [9.17, 15) is 13.2 Å². The fourth-order valence-electron chi connectivity index (χ4n) is 1.51. The zero-order chi connectivity index (χ0) is 14.5. The van der Waals surface area contributed by atoms with Crippen LogP contribution in [0.15, 0.2) is 23.4 Å². The van der Waals surface area contributed by atoms with Crippen molar-refractivity contribution in [1.82, 2.24) is 10.3 Å². The lowest BCUT2D eigenvalue weighted by molar-refractivity contribution is -0.119. The third-order valence-electron chi connectivity index (χ3n) is 2.24. The Hall–Kier alpha value is -1.67. The van der Waals surface area contributed by atoms with E-state index >= 15 is 0 Å². The summed E-state index contributed by atoms with van der Waals surface area (Å²) in [6.07, 6.45) is 1.31. The third-order valence-corrected chi connectivity index (χ3v) is 3.81. The quantitative estimate of drug-likeness (QED) is 0.735. The zero-order valence-electron chi connectivity index (χ0n) is 10.8. The molecule has 1 atom stereocenters. The number of nitrogen functional groups attached to an aromatic ring is 1. The number of rotatable bonds is 6. The fraction of sp³-hybridized carbons (Fsp3) is 0.455. The summed E-state index contributed by atoms with van der Waals surface area (Å²) in [6, 6.07) is 2.68. The number of nitrogens with two attached hydrogens (primary N) is 1. The molecule has 7 nitrogen and oxygen atoms in total. The van der Waals surface area contributed by atoms with Gasteiger partial charge in [0.2, 0.25) is 15.7 Å². The fourth-order valence-corrected chi connectivity index (χ4v) is 2.73. The van der Waals surface area contributed by atoms with Crippen LogP contribution in [0, 0.1) is 0 Å². The molecule has 3 N–H and O–H groups in total. The Morgan fingerprint density at radius 2 is 2.26 bits per heavy atom. The van der Waals surface area contributed by atoms with Gasteiger partial charge in [-0.2, -0.15) is 0 Å². The first-order valence-corrected chi connectivity index (χ1v) is 7.23. The van der Waals surface area contributed by atoms with Gasteiger partial charge in [-0.05, 0) is 19.1 Å². The van der Waals surface area contributed by atoms with Crippen LogP contribution in [-0.4, -0.2) is 44.8 Å². The molecule has 0 bridgehead atoms. The zero-order valence-corrected chi connectivity index (χ0v) is 11.6. The number of carbonyl (C=O) groups excluding carboxylic acids is 1. The molecule has 0 saturated carbocycles. The molecule has 1 rings (SSSR count). The summed E-state index contributed by atoms with van der Waals surface area (Å²) in [5.41, 5.74) is 5.57. The van der Waals surface area contributed by atoms with Gasteiger partial charge in [0.25, 0.3) is 0 Å². The lowest BCUT2D eigenvalue weighted by Gasteiger charge is -2.12. The van der Waals surface area contributed by atoms with Gasteiger partial charge >= 0.3 is 0 Å². The highest BCUT2D eigenvalue weighted by molar-refractivity contribution is 7.92. The summed E-state index contributed by atoms with van der Waals surface area (Å²) in [7, 11) is -2.35. The summed E-state index contributed by atoms with van der Waals surface area (Å²) >= 11 is 0. The van der Waals surface area contributed by atoms with Crippen molar-refractivity contribution >= 4 is 21.4 Å². The molecular weight excluding hydrogens is 270 g/mol. The minimum absolute atomic E-state index is 0.0280. The van der Waals surface area contributed by atoms with E-state index < -0.39 is 21.5 Å². The molecule has 0 aromatic carbocycles. The number of aromatic nitrogens is 1. The number of carbonyl (C=O) groups is 1. The van der Waals surface area contributed by atoms with Gasteiger partial charge in [0.05, 0.1) is 12.3 Å². The lowest BCUT2D eigenvalue weighted by atomic mass is 10.3. The van der Waals surface area contributed by atoms with E-state index in [0.717, 1.165) is 0 Å². The average Bonchev–Trinajstić information content (AvgIpc) is 2.28. The summed E-state index contributed by atoms with van der Waals surface area (Å²) in [5.74, 6) is -1.31. The van der Waals surface area contributed by atoms with Gasteiger partial charge in [0, 0.05) is 19.3 Å². The second-order valence-corrected chi connectivity index (χ2v) is 5.99. The van der Waals surface area contributed by atoms with Crippen LogP contribution in [0.1, 0.15) is 6.92 Å². The number of hydrogen-bond acceptors (Lipinski definition) is 6. The molecule has 1 unspecified atom stereocenters. The molecule has 1 aromatic rings. The van der Waals surface area contributed by atoms with E-state index in [4.69, 9.17) is 10.5 Å². The lowest BCUT2D eigenvalue weighted by Crippen LogP contribution is -2.39. The smallest absolute Gasteiger partial charge is 0.235 e. The van der Waals surface area contributed by atoms with E-state index in [0.29, 0.717) is 6.61 Å². The first-order valence-electron chi connectivity index (χ1n) is 5.58. The highest BCUT2D eigenvalue weighted by Gasteiger charge is 2.23. The van der Waals surface area contributed by atoms with E-state index in [1.165, 1.54) is 25.4 Å². The van der Waals surface area contributed by atoms with Gasteiger partial charge < -0.3 is 15.8 Å². The molecule has 0 saturated heterocycles. The number of ether oxygens (including phenoxy) is 1. The first-order chi connectivity index (χ1) is 8.86. The minimum Gasteiger partial charge on any atom is -0.396 e. The first kappa shape index (κ1) is 15.4. The summed E-state index contributed by atoms with van der Waals surface area (Å²) < 4.78 is 28.8. The Kier molecular flexibility index (Phi) is 5.25. The molecule has 1 amide bonds. The third kappa shape index (κ3) is 4.49. The normalized spacial score (nSPS) is 12.9. The van der Waals surface area contributed by atoms with Gasteiger partial charge in [0.15, 0.2) is 5.03 Å². The predicted molar refractivity (Wildman–Crippen MR) is 70.2 cm³/mol. The van der Waals surface area contributed by atoms with Crippen molar-refractivity contribution in [2.75, 3.05) is 25.2 Å². The van der Waals surface area contributed by atoms with Crippen LogP contribution in [0.25, 0.3) is 0 Å². The van der Waals surface area contributed by atoms with E-state index in [-0.39, 0.29) is 16.8 Å². The second-order valence-electron chi connectivity index (χ2n) is 4.08. The molecule has 8 heteroatoms. The van der Waals surface area contributed by atoms with Crippen LogP contribution in [0.4, 0.5) is 5.69 Å². The molecule has 0 aliphatic rings. The number of anilines is 1. The predicted octanol–water partition coefficient (Wildman–Crippen LogP) is -0.411. The summed E-state index contributed by atoms with van der Waals surface area (Å²) in [6.45, 7) is 2.01. The largest absolute Gasteiger partial charge is 0.396 e. The highest BCUT2D eigenvalue weighted by atomic mass is 32.2. The van der Waals surface area contributed by atoms with Gasteiger partial charge in [-0.1, -0.05) is 0 Å². The van der Waals surface area contributed by atoms with Crippen molar-refractivity contribution < 1.29 is 17.9 Å². The van der Waals surface area contributed by atoms with Crippen LogP contribution >= 0.6 is 0 Å². The van der Waals surface area contributed by atoms with Gasteiger partial charge in [-0.3, -0.25) is 4.79 Å². The number of pyridine rings is 1. The maximum absolute atomic E-state index is 12.0. The van der Waals surface area contributed by atoms with Crippen LogP contribution in [0.3, 0.4) is 0 Å². The van der Waals surface area contributed by atoms with E-state index in [1.807, 2.05) is 0 Å². The topological polar surface area (TPSA) is 111 Å². The monoisotopic (exact) mass is 287 g/mol. The average molecular weight is 287 g/mol. The van der Waals surface area contributed by atoms with Crippen molar-refractivity contribution in [3.05, 3.63) is 18.3 Å². The Balaban J connectivity index is 2.76. The number of sulfone groups is 1. The molecule has 0 radical (unpaired) electrons.